The quantitative estimate of drug-likeness (QED) is 0.722. The van der Waals surface area contributed by atoms with Crippen LogP contribution in [0.4, 0.5) is 18.9 Å². The Morgan fingerprint density at radius 1 is 1.25 bits per heavy atom. The fraction of sp³-hybridized carbons (Fsp3) is 0.278. The van der Waals surface area contributed by atoms with Gasteiger partial charge in [0, 0.05) is 11.7 Å². The number of carbonyl (C=O) groups is 1. The summed E-state index contributed by atoms with van der Waals surface area (Å²) < 4.78 is 46.1. The summed E-state index contributed by atoms with van der Waals surface area (Å²) >= 11 is 0. The number of carbonyl (C=O) groups excluding carboxylic acids is 1. The summed E-state index contributed by atoms with van der Waals surface area (Å²) in [6.45, 7) is -0.428. The van der Waals surface area contributed by atoms with Gasteiger partial charge >= 0.3 is 11.9 Å². The molecule has 1 amide bonds. The lowest BCUT2D eigenvalue weighted by Gasteiger charge is -2.09. The van der Waals surface area contributed by atoms with E-state index in [9.17, 15) is 22.8 Å². The van der Waals surface area contributed by atoms with Crippen LogP contribution in [0.3, 0.4) is 0 Å². The lowest BCUT2D eigenvalue weighted by Crippen LogP contribution is -2.30. The fourth-order valence-electron chi connectivity index (χ4n) is 2.87. The lowest BCUT2D eigenvalue weighted by atomic mass is 10.2. The van der Waals surface area contributed by atoms with Crippen molar-refractivity contribution in [3.63, 3.8) is 0 Å². The largest absolute Gasteiger partial charge is 0.461 e. The van der Waals surface area contributed by atoms with E-state index in [0.29, 0.717) is 11.6 Å². The van der Waals surface area contributed by atoms with Crippen molar-refractivity contribution in [3.05, 3.63) is 58.7 Å². The number of furan rings is 1. The molecule has 1 N–H and O–H groups in total. The topological polar surface area (TPSA) is 82.1 Å². The number of halogens is 3. The van der Waals surface area contributed by atoms with E-state index in [1.165, 1.54) is 23.0 Å². The summed E-state index contributed by atoms with van der Waals surface area (Å²) in [6.07, 6.45) is -1.40. The van der Waals surface area contributed by atoms with Gasteiger partial charge in [-0.3, -0.25) is 9.36 Å². The van der Waals surface area contributed by atoms with Gasteiger partial charge in [0.1, 0.15) is 6.54 Å². The maximum atomic E-state index is 12.8. The van der Waals surface area contributed by atoms with E-state index < -0.39 is 29.9 Å². The molecular weight excluding hydrogens is 377 g/mol. The molecule has 1 aliphatic rings. The summed E-state index contributed by atoms with van der Waals surface area (Å²) in [6, 6.07) is 7.61. The van der Waals surface area contributed by atoms with Gasteiger partial charge in [0.05, 0.1) is 11.8 Å². The van der Waals surface area contributed by atoms with Gasteiger partial charge in [-0.25, -0.2) is 9.48 Å². The maximum absolute atomic E-state index is 12.8. The molecule has 1 aliphatic carbocycles. The van der Waals surface area contributed by atoms with Crippen molar-refractivity contribution in [2.45, 2.75) is 31.6 Å². The third kappa shape index (κ3) is 3.57. The summed E-state index contributed by atoms with van der Waals surface area (Å²) in [5, 5.41) is 6.55. The van der Waals surface area contributed by atoms with E-state index in [1.807, 2.05) is 0 Å². The van der Waals surface area contributed by atoms with Crippen molar-refractivity contribution in [1.29, 1.82) is 0 Å². The SMILES string of the molecule is O=C(Cn1nc(-c2ccco2)n(C2CC2)c1=O)Nc1cccc(C(F)(F)F)c1. The Balaban J connectivity index is 1.56. The number of alkyl halides is 3. The van der Waals surface area contributed by atoms with Gasteiger partial charge in [-0.1, -0.05) is 6.07 Å². The lowest BCUT2D eigenvalue weighted by molar-refractivity contribution is -0.137. The average molecular weight is 392 g/mol. The second-order valence-corrected chi connectivity index (χ2v) is 6.47. The number of hydrogen-bond acceptors (Lipinski definition) is 4. The Hall–Kier alpha value is -3.30. The highest BCUT2D eigenvalue weighted by Gasteiger charge is 2.32. The summed E-state index contributed by atoms with van der Waals surface area (Å²) in [4.78, 5) is 24.9. The number of nitrogens with one attached hydrogen (secondary N) is 1. The van der Waals surface area contributed by atoms with Crippen LogP contribution >= 0.6 is 0 Å². The third-order valence-corrected chi connectivity index (χ3v) is 4.29. The first-order valence-corrected chi connectivity index (χ1v) is 8.53. The average Bonchev–Trinajstić information content (AvgIpc) is 3.21. The van der Waals surface area contributed by atoms with Gasteiger partial charge in [-0.05, 0) is 43.2 Å². The van der Waals surface area contributed by atoms with Crippen LogP contribution in [0.1, 0.15) is 24.4 Å². The zero-order valence-electron chi connectivity index (χ0n) is 14.4. The minimum Gasteiger partial charge on any atom is -0.461 e. The van der Waals surface area contributed by atoms with Crippen LogP contribution in [0, 0.1) is 0 Å². The minimum absolute atomic E-state index is 0.00729. The first-order chi connectivity index (χ1) is 13.3. The molecule has 0 radical (unpaired) electrons. The van der Waals surface area contributed by atoms with E-state index >= 15 is 0 Å². The summed E-state index contributed by atoms with van der Waals surface area (Å²) in [5.41, 5.74) is -1.35. The summed E-state index contributed by atoms with van der Waals surface area (Å²) in [5.74, 6) is 0.0678. The molecule has 2 aromatic heterocycles. The minimum atomic E-state index is -4.52. The van der Waals surface area contributed by atoms with Gasteiger partial charge in [0.15, 0.2) is 5.76 Å². The number of amides is 1. The number of anilines is 1. The molecule has 10 heteroatoms. The number of rotatable bonds is 5. The van der Waals surface area contributed by atoms with Crippen molar-refractivity contribution >= 4 is 11.6 Å². The molecule has 0 unspecified atom stereocenters. The highest BCUT2D eigenvalue weighted by Crippen LogP contribution is 2.36. The molecule has 2 heterocycles. The monoisotopic (exact) mass is 392 g/mol. The molecule has 146 valence electrons. The van der Waals surface area contributed by atoms with Crippen LogP contribution in [-0.4, -0.2) is 20.3 Å². The molecule has 0 spiro atoms. The van der Waals surface area contributed by atoms with E-state index in [4.69, 9.17) is 4.42 Å². The number of nitrogens with zero attached hydrogens (tertiary/aromatic N) is 3. The van der Waals surface area contributed by atoms with E-state index in [-0.39, 0.29) is 11.7 Å². The molecule has 0 atom stereocenters. The molecule has 0 bridgehead atoms. The predicted molar refractivity (Wildman–Crippen MR) is 92.5 cm³/mol. The van der Waals surface area contributed by atoms with Crippen LogP contribution in [0.2, 0.25) is 0 Å². The van der Waals surface area contributed by atoms with Gasteiger partial charge in [-0.15, -0.1) is 5.10 Å². The van der Waals surface area contributed by atoms with Crippen LogP contribution in [0.15, 0.2) is 51.9 Å². The zero-order chi connectivity index (χ0) is 19.9. The predicted octanol–water partition coefficient (Wildman–Crippen LogP) is 3.30. The van der Waals surface area contributed by atoms with Crippen LogP contribution in [0.25, 0.3) is 11.6 Å². The Labute approximate surface area is 156 Å². The molecule has 1 aromatic carbocycles. The smallest absolute Gasteiger partial charge is 0.416 e. The maximum Gasteiger partial charge on any atom is 0.416 e. The van der Waals surface area contributed by atoms with Crippen molar-refractivity contribution in [1.82, 2.24) is 14.3 Å². The normalized spacial score (nSPS) is 14.2. The Bertz CT molecular complexity index is 1060. The third-order valence-electron chi connectivity index (χ3n) is 4.29. The second-order valence-electron chi connectivity index (χ2n) is 6.47. The van der Waals surface area contributed by atoms with E-state index in [2.05, 4.69) is 10.4 Å². The van der Waals surface area contributed by atoms with Crippen LogP contribution < -0.4 is 11.0 Å². The molecule has 0 aliphatic heterocycles. The first-order valence-electron chi connectivity index (χ1n) is 8.53. The van der Waals surface area contributed by atoms with E-state index in [0.717, 1.165) is 29.7 Å². The van der Waals surface area contributed by atoms with Crippen molar-refractivity contribution < 1.29 is 22.4 Å². The standard InChI is InChI=1S/C18H15F3N4O3/c19-18(20,21)11-3-1-4-12(9-11)22-15(26)10-24-17(27)25(13-6-7-13)16(23-24)14-5-2-8-28-14/h1-5,8-9,13H,6-7,10H2,(H,22,26). The molecule has 1 saturated carbocycles. The zero-order valence-corrected chi connectivity index (χ0v) is 14.4. The van der Waals surface area contributed by atoms with Crippen LogP contribution in [-0.2, 0) is 17.5 Å². The molecular formula is C18H15F3N4O3. The molecule has 4 rings (SSSR count). The first kappa shape index (κ1) is 18.1. The fourth-order valence-corrected chi connectivity index (χ4v) is 2.87. The van der Waals surface area contributed by atoms with Gasteiger partial charge in [0.25, 0.3) is 0 Å². The second kappa shape index (κ2) is 6.70. The number of aromatic nitrogens is 3. The van der Waals surface area contributed by atoms with Gasteiger partial charge in [0.2, 0.25) is 11.7 Å². The molecule has 28 heavy (non-hydrogen) atoms. The highest BCUT2D eigenvalue weighted by molar-refractivity contribution is 5.90. The van der Waals surface area contributed by atoms with Crippen molar-refractivity contribution in [3.8, 4) is 11.6 Å². The highest BCUT2D eigenvalue weighted by atomic mass is 19.4. The van der Waals surface area contributed by atoms with Crippen LogP contribution in [0.5, 0.6) is 0 Å². The number of hydrogen-bond donors (Lipinski definition) is 1. The Morgan fingerprint density at radius 3 is 2.68 bits per heavy atom. The molecule has 7 nitrogen and oxygen atoms in total. The van der Waals surface area contributed by atoms with Crippen molar-refractivity contribution in [2.24, 2.45) is 0 Å². The molecule has 3 aromatic rings. The Kier molecular flexibility index (Phi) is 4.33. The molecule has 0 saturated heterocycles. The van der Waals surface area contributed by atoms with E-state index in [1.54, 1.807) is 12.1 Å². The summed E-state index contributed by atoms with van der Waals surface area (Å²) in [7, 11) is 0. The molecule has 1 fully saturated rings. The Morgan fingerprint density at radius 2 is 2.04 bits per heavy atom. The van der Waals surface area contributed by atoms with Gasteiger partial charge in [-0.2, -0.15) is 13.2 Å². The van der Waals surface area contributed by atoms with Crippen molar-refractivity contribution in [2.75, 3.05) is 5.32 Å². The van der Waals surface area contributed by atoms with Gasteiger partial charge < -0.3 is 9.73 Å². The number of benzene rings is 1.